The molecule has 0 radical (unpaired) electrons. The molecule has 1 unspecified atom stereocenters. The quantitative estimate of drug-likeness (QED) is 0.750. The van der Waals surface area contributed by atoms with E-state index in [-0.39, 0.29) is 17.2 Å². The predicted molar refractivity (Wildman–Crippen MR) is 107 cm³/mol. The number of carbonyl (C=O) groups is 2. The van der Waals surface area contributed by atoms with E-state index >= 15 is 0 Å². The van der Waals surface area contributed by atoms with Crippen molar-refractivity contribution < 1.29 is 9.59 Å². The molecule has 2 N–H and O–H groups in total. The van der Waals surface area contributed by atoms with Gasteiger partial charge in [0.2, 0.25) is 11.8 Å². The van der Waals surface area contributed by atoms with Gasteiger partial charge in [-0.15, -0.1) is 0 Å². The highest BCUT2D eigenvalue weighted by atomic mass is 16.2. The number of amides is 2. The molecule has 0 bridgehead atoms. The summed E-state index contributed by atoms with van der Waals surface area (Å²) in [5.41, 5.74) is 6.78. The highest BCUT2D eigenvalue weighted by Crippen LogP contribution is 2.39. The smallest absolute Gasteiger partial charge is 0.222 e. The molecule has 1 spiro atoms. The van der Waals surface area contributed by atoms with Gasteiger partial charge in [0.05, 0.1) is 0 Å². The average molecular weight is 372 g/mol. The summed E-state index contributed by atoms with van der Waals surface area (Å²) < 4.78 is 0. The van der Waals surface area contributed by atoms with Crippen LogP contribution in [0.1, 0.15) is 56.9 Å². The molecule has 2 aliphatic rings. The van der Waals surface area contributed by atoms with Crippen molar-refractivity contribution in [2.24, 2.45) is 11.1 Å². The Labute approximate surface area is 162 Å². The summed E-state index contributed by atoms with van der Waals surface area (Å²) >= 11 is 0. The lowest BCUT2D eigenvalue weighted by molar-refractivity contribution is -0.143. The molecule has 0 aromatic heterocycles. The molecule has 2 heterocycles. The summed E-state index contributed by atoms with van der Waals surface area (Å²) in [5.74, 6) is 0.521. The minimum Gasteiger partial charge on any atom is -0.342 e. The second-order valence-electron chi connectivity index (χ2n) is 8.25. The second kappa shape index (κ2) is 9.36. The van der Waals surface area contributed by atoms with Crippen LogP contribution in [0.15, 0.2) is 30.3 Å². The Kier molecular flexibility index (Phi) is 6.89. The van der Waals surface area contributed by atoms with Crippen molar-refractivity contribution in [3.8, 4) is 0 Å². The average Bonchev–Trinajstić information content (AvgIpc) is 2.69. The Morgan fingerprint density at radius 2 is 1.89 bits per heavy atom. The zero-order chi connectivity index (χ0) is 19.1. The maximum absolute atomic E-state index is 12.6. The number of likely N-dealkylation sites (tertiary alicyclic amines) is 2. The van der Waals surface area contributed by atoms with Crippen LogP contribution in [0.3, 0.4) is 0 Å². The van der Waals surface area contributed by atoms with Crippen molar-refractivity contribution in [1.29, 1.82) is 0 Å². The number of carbonyl (C=O) groups excluding carboxylic acids is 2. The van der Waals surface area contributed by atoms with Crippen LogP contribution >= 0.6 is 0 Å². The summed E-state index contributed by atoms with van der Waals surface area (Å²) in [7, 11) is 0. The minimum absolute atomic E-state index is 0.0772. The molecule has 5 heteroatoms. The summed E-state index contributed by atoms with van der Waals surface area (Å²) in [6, 6.07) is 10.2. The topological polar surface area (TPSA) is 66.6 Å². The van der Waals surface area contributed by atoms with Crippen molar-refractivity contribution in [2.45, 2.75) is 57.9 Å². The molecule has 27 heavy (non-hydrogen) atoms. The molecule has 0 aliphatic carbocycles. The van der Waals surface area contributed by atoms with Gasteiger partial charge in [-0.05, 0) is 44.2 Å². The summed E-state index contributed by atoms with van der Waals surface area (Å²) in [6.45, 7) is 3.82. The Morgan fingerprint density at radius 1 is 1.07 bits per heavy atom. The zero-order valence-corrected chi connectivity index (χ0v) is 16.4. The Morgan fingerprint density at radius 3 is 2.67 bits per heavy atom. The van der Waals surface area contributed by atoms with Gasteiger partial charge in [-0.25, -0.2) is 0 Å². The molecule has 2 amide bonds. The molecule has 2 aliphatic heterocycles. The first-order valence-electron chi connectivity index (χ1n) is 10.4. The van der Waals surface area contributed by atoms with E-state index in [2.05, 4.69) is 17.0 Å². The number of unbranched alkanes of at least 4 members (excludes halogenated alkanes) is 2. The Hall–Kier alpha value is -1.88. The third-order valence-electron chi connectivity index (χ3n) is 6.07. The maximum Gasteiger partial charge on any atom is 0.222 e. The fourth-order valence-electron chi connectivity index (χ4n) is 4.56. The fraction of sp³-hybridized carbons (Fsp3) is 0.636. The number of hydrogen-bond acceptors (Lipinski definition) is 3. The number of rotatable bonds is 7. The van der Waals surface area contributed by atoms with Crippen LogP contribution in [-0.2, 0) is 16.1 Å². The number of nitrogens with zero attached hydrogens (tertiary/aromatic N) is 2. The van der Waals surface area contributed by atoms with Gasteiger partial charge in [0.25, 0.3) is 0 Å². The van der Waals surface area contributed by atoms with Crippen LogP contribution in [0.25, 0.3) is 0 Å². The van der Waals surface area contributed by atoms with E-state index in [0.717, 1.165) is 58.2 Å². The van der Waals surface area contributed by atoms with Gasteiger partial charge in [-0.3, -0.25) is 9.59 Å². The van der Waals surface area contributed by atoms with Gasteiger partial charge in [-0.1, -0.05) is 36.8 Å². The van der Waals surface area contributed by atoms with Crippen LogP contribution in [0.5, 0.6) is 0 Å². The summed E-state index contributed by atoms with van der Waals surface area (Å²) in [6.07, 6.45) is 7.25. The van der Waals surface area contributed by atoms with Gasteiger partial charge in [0.15, 0.2) is 0 Å². The molecule has 148 valence electrons. The number of nitrogens with two attached hydrogens (primary N) is 1. The number of hydrogen-bond donors (Lipinski definition) is 1. The lowest BCUT2D eigenvalue weighted by Crippen LogP contribution is -2.54. The van der Waals surface area contributed by atoms with Crippen LogP contribution in [0.4, 0.5) is 0 Å². The molecule has 1 atom stereocenters. The van der Waals surface area contributed by atoms with Gasteiger partial charge in [-0.2, -0.15) is 0 Å². The zero-order valence-electron chi connectivity index (χ0n) is 16.4. The van der Waals surface area contributed by atoms with Gasteiger partial charge >= 0.3 is 0 Å². The third-order valence-corrected chi connectivity index (χ3v) is 6.07. The van der Waals surface area contributed by atoms with E-state index < -0.39 is 0 Å². The van der Waals surface area contributed by atoms with E-state index in [1.165, 1.54) is 5.56 Å². The van der Waals surface area contributed by atoms with Crippen LogP contribution in [0.2, 0.25) is 0 Å². The van der Waals surface area contributed by atoms with Gasteiger partial charge < -0.3 is 15.5 Å². The van der Waals surface area contributed by atoms with Crippen molar-refractivity contribution in [2.75, 3.05) is 26.2 Å². The summed E-state index contributed by atoms with van der Waals surface area (Å²) in [4.78, 5) is 29.2. The number of piperidine rings is 2. The SMILES string of the molecule is NCCCCCC(=O)N1CCCC2(CCC(=O)N(Cc3ccccc3)C2)C1. The molecule has 2 fully saturated rings. The van der Waals surface area contributed by atoms with E-state index in [1.54, 1.807) is 0 Å². The van der Waals surface area contributed by atoms with Crippen molar-refractivity contribution in [3.05, 3.63) is 35.9 Å². The first-order valence-corrected chi connectivity index (χ1v) is 10.4. The van der Waals surface area contributed by atoms with E-state index in [9.17, 15) is 9.59 Å². The molecular formula is C22H33N3O2. The summed E-state index contributed by atoms with van der Waals surface area (Å²) in [5, 5.41) is 0. The molecule has 1 aromatic carbocycles. The molecule has 5 nitrogen and oxygen atoms in total. The first kappa shape index (κ1) is 19.9. The van der Waals surface area contributed by atoms with E-state index in [0.29, 0.717) is 25.9 Å². The predicted octanol–water partition coefficient (Wildman–Crippen LogP) is 2.94. The van der Waals surface area contributed by atoms with Crippen molar-refractivity contribution in [1.82, 2.24) is 9.80 Å². The van der Waals surface area contributed by atoms with Crippen molar-refractivity contribution >= 4 is 11.8 Å². The highest BCUT2D eigenvalue weighted by Gasteiger charge is 2.42. The number of benzene rings is 1. The third kappa shape index (κ3) is 5.32. The second-order valence-corrected chi connectivity index (χ2v) is 8.25. The Balaban J connectivity index is 1.59. The fourth-order valence-corrected chi connectivity index (χ4v) is 4.56. The van der Waals surface area contributed by atoms with Crippen LogP contribution < -0.4 is 5.73 Å². The van der Waals surface area contributed by atoms with Gasteiger partial charge in [0.1, 0.15) is 0 Å². The minimum atomic E-state index is 0.0772. The standard InChI is InChI=1S/C22H33N3O2/c23-14-6-2-5-10-20(26)24-15-7-12-22(17-24)13-11-21(27)25(18-22)16-19-8-3-1-4-9-19/h1,3-4,8-9H,2,5-7,10-18,23H2. The van der Waals surface area contributed by atoms with Crippen LogP contribution in [-0.4, -0.2) is 47.8 Å². The lowest BCUT2D eigenvalue weighted by atomic mass is 9.73. The molecular weight excluding hydrogens is 338 g/mol. The normalized spacial score (nSPS) is 23.1. The monoisotopic (exact) mass is 371 g/mol. The Bertz CT molecular complexity index is 634. The molecule has 3 rings (SSSR count). The highest BCUT2D eigenvalue weighted by molar-refractivity contribution is 5.78. The first-order chi connectivity index (χ1) is 13.1. The largest absolute Gasteiger partial charge is 0.342 e. The molecule has 2 saturated heterocycles. The van der Waals surface area contributed by atoms with Gasteiger partial charge in [0, 0.05) is 44.4 Å². The van der Waals surface area contributed by atoms with E-state index in [1.807, 2.05) is 23.1 Å². The maximum atomic E-state index is 12.6. The van der Waals surface area contributed by atoms with Crippen LogP contribution in [0, 0.1) is 5.41 Å². The molecule has 1 aromatic rings. The lowest BCUT2D eigenvalue weighted by Gasteiger charge is -2.48. The molecule has 0 saturated carbocycles. The van der Waals surface area contributed by atoms with E-state index in [4.69, 9.17) is 5.73 Å². The van der Waals surface area contributed by atoms with Crippen molar-refractivity contribution in [3.63, 3.8) is 0 Å².